The summed E-state index contributed by atoms with van der Waals surface area (Å²) in [6.07, 6.45) is 2.05. The molecule has 2 nitrogen and oxygen atoms in total. The molecule has 3 heteroatoms. The number of hydrogen-bond acceptors (Lipinski definition) is 2. The number of rotatable bonds is 2. The number of nitrogens with one attached hydrogen (secondary N) is 1. The van der Waals surface area contributed by atoms with Crippen molar-refractivity contribution >= 4 is 0 Å². The standard InChI is InChI=1S/C12H16FNO/c1-8-4-12(15)11(13)6-10(8)5-9-2-3-14-7-9/h4,6,9,14-15H,2-3,5,7H2,1H3. The summed E-state index contributed by atoms with van der Waals surface area (Å²) in [5.41, 5.74) is 1.99. The van der Waals surface area contributed by atoms with Crippen molar-refractivity contribution < 1.29 is 9.50 Å². The fourth-order valence-electron chi connectivity index (χ4n) is 2.13. The summed E-state index contributed by atoms with van der Waals surface area (Å²) in [5, 5.41) is 12.5. The van der Waals surface area contributed by atoms with Crippen LogP contribution in [0.4, 0.5) is 4.39 Å². The third-order valence-electron chi connectivity index (χ3n) is 3.08. The van der Waals surface area contributed by atoms with Crippen LogP contribution in [-0.2, 0) is 6.42 Å². The summed E-state index contributed by atoms with van der Waals surface area (Å²) in [7, 11) is 0. The molecule has 2 N–H and O–H groups in total. The van der Waals surface area contributed by atoms with Crippen LogP contribution in [0.2, 0.25) is 0 Å². The van der Waals surface area contributed by atoms with E-state index in [-0.39, 0.29) is 5.75 Å². The average molecular weight is 209 g/mol. The molecule has 1 fully saturated rings. The lowest BCUT2D eigenvalue weighted by Crippen LogP contribution is -2.11. The minimum atomic E-state index is -0.512. The molecule has 1 aliphatic rings. The number of halogens is 1. The summed E-state index contributed by atoms with van der Waals surface area (Å²) in [6.45, 7) is 3.99. The lowest BCUT2D eigenvalue weighted by molar-refractivity contribution is 0.430. The Kier molecular flexibility index (Phi) is 2.91. The maximum absolute atomic E-state index is 13.2. The van der Waals surface area contributed by atoms with Crippen molar-refractivity contribution in [1.29, 1.82) is 0 Å². The summed E-state index contributed by atoms with van der Waals surface area (Å²) in [4.78, 5) is 0. The van der Waals surface area contributed by atoms with Crippen molar-refractivity contribution in [2.45, 2.75) is 19.8 Å². The Morgan fingerprint density at radius 3 is 3.00 bits per heavy atom. The van der Waals surface area contributed by atoms with Crippen molar-refractivity contribution in [3.8, 4) is 5.75 Å². The molecule has 1 unspecified atom stereocenters. The first-order chi connectivity index (χ1) is 7.16. The third-order valence-corrected chi connectivity index (χ3v) is 3.08. The van der Waals surface area contributed by atoms with Gasteiger partial charge in [-0.15, -0.1) is 0 Å². The largest absolute Gasteiger partial charge is 0.505 e. The molecule has 1 atom stereocenters. The fourth-order valence-corrected chi connectivity index (χ4v) is 2.13. The molecule has 82 valence electrons. The van der Waals surface area contributed by atoms with Gasteiger partial charge in [0.05, 0.1) is 0 Å². The zero-order chi connectivity index (χ0) is 10.8. The molecule has 0 bridgehead atoms. The molecule has 1 aromatic rings. The minimum Gasteiger partial charge on any atom is -0.505 e. The highest BCUT2D eigenvalue weighted by atomic mass is 19.1. The molecule has 0 saturated carbocycles. The maximum atomic E-state index is 13.2. The lowest BCUT2D eigenvalue weighted by Gasteiger charge is -2.11. The molecule has 1 aliphatic heterocycles. The number of aryl methyl sites for hydroxylation is 1. The molecule has 15 heavy (non-hydrogen) atoms. The number of phenols is 1. The predicted molar refractivity (Wildman–Crippen MR) is 57.5 cm³/mol. The van der Waals surface area contributed by atoms with Gasteiger partial charge in [-0.25, -0.2) is 4.39 Å². The second-order valence-corrected chi connectivity index (χ2v) is 4.29. The quantitative estimate of drug-likeness (QED) is 0.780. The van der Waals surface area contributed by atoms with E-state index < -0.39 is 5.82 Å². The molecular formula is C12H16FNO. The van der Waals surface area contributed by atoms with Crippen LogP contribution in [0.25, 0.3) is 0 Å². The van der Waals surface area contributed by atoms with Gasteiger partial charge in [0, 0.05) is 0 Å². The van der Waals surface area contributed by atoms with Gasteiger partial charge in [0.2, 0.25) is 0 Å². The predicted octanol–water partition coefficient (Wildman–Crippen LogP) is 1.99. The van der Waals surface area contributed by atoms with E-state index >= 15 is 0 Å². The molecule has 1 saturated heterocycles. The highest BCUT2D eigenvalue weighted by Gasteiger charge is 2.16. The van der Waals surface area contributed by atoms with Crippen LogP contribution in [0.5, 0.6) is 5.75 Å². The van der Waals surface area contributed by atoms with E-state index in [0.29, 0.717) is 5.92 Å². The highest BCUT2D eigenvalue weighted by Crippen LogP contribution is 2.24. The van der Waals surface area contributed by atoms with Gasteiger partial charge in [0.1, 0.15) is 0 Å². The van der Waals surface area contributed by atoms with Gasteiger partial charge in [-0.3, -0.25) is 0 Å². The van der Waals surface area contributed by atoms with E-state index in [0.717, 1.165) is 37.1 Å². The molecular weight excluding hydrogens is 193 g/mol. The fraction of sp³-hybridized carbons (Fsp3) is 0.500. The SMILES string of the molecule is Cc1cc(O)c(F)cc1CC1CCNC1. The summed E-state index contributed by atoms with van der Waals surface area (Å²) in [6, 6.07) is 2.97. The molecule has 0 aliphatic carbocycles. The van der Waals surface area contributed by atoms with Crippen LogP contribution in [-0.4, -0.2) is 18.2 Å². The monoisotopic (exact) mass is 209 g/mol. The normalized spacial score (nSPS) is 20.8. The van der Waals surface area contributed by atoms with Crippen LogP contribution < -0.4 is 5.32 Å². The second-order valence-electron chi connectivity index (χ2n) is 4.29. The molecule has 2 rings (SSSR count). The van der Waals surface area contributed by atoms with Crippen molar-refractivity contribution in [1.82, 2.24) is 5.32 Å². The number of aromatic hydroxyl groups is 1. The van der Waals surface area contributed by atoms with Crippen molar-refractivity contribution in [2.24, 2.45) is 5.92 Å². The minimum absolute atomic E-state index is 0.249. The highest BCUT2D eigenvalue weighted by molar-refractivity contribution is 5.35. The first-order valence-electron chi connectivity index (χ1n) is 5.35. The average Bonchev–Trinajstić information content (AvgIpc) is 2.67. The Hall–Kier alpha value is -1.09. The Balaban J connectivity index is 2.16. The van der Waals surface area contributed by atoms with E-state index in [1.807, 2.05) is 6.92 Å². The Bertz CT molecular complexity index is 359. The summed E-state index contributed by atoms with van der Waals surface area (Å²) < 4.78 is 13.2. The van der Waals surface area contributed by atoms with Crippen LogP contribution in [0.1, 0.15) is 17.5 Å². The van der Waals surface area contributed by atoms with Crippen LogP contribution in [0.3, 0.4) is 0 Å². The summed E-state index contributed by atoms with van der Waals surface area (Å²) in [5.74, 6) is -0.157. The van der Waals surface area contributed by atoms with Crippen molar-refractivity contribution in [2.75, 3.05) is 13.1 Å². The molecule has 0 aromatic heterocycles. The zero-order valence-electron chi connectivity index (χ0n) is 8.89. The lowest BCUT2D eigenvalue weighted by atomic mass is 9.95. The van der Waals surface area contributed by atoms with Gasteiger partial charge in [0.25, 0.3) is 0 Å². The molecule has 0 amide bonds. The molecule has 0 spiro atoms. The molecule has 0 radical (unpaired) electrons. The van der Waals surface area contributed by atoms with Gasteiger partial charge in [-0.05, 0) is 62.0 Å². The summed E-state index contributed by atoms with van der Waals surface area (Å²) >= 11 is 0. The van der Waals surface area contributed by atoms with Gasteiger partial charge < -0.3 is 10.4 Å². The van der Waals surface area contributed by atoms with Crippen LogP contribution in [0.15, 0.2) is 12.1 Å². The topological polar surface area (TPSA) is 32.3 Å². The van der Waals surface area contributed by atoms with E-state index in [1.165, 1.54) is 12.1 Å². The number of benzene rings is 1. The smallest absolute Gasteiger partial charge is 0.165 e. The molecule has 1 heterocycles. The number of hydrogen-bond donors (Lipinski definition) is 2. The van der Waals surface area contributed by atoms with Gasteiger partial charge in [0.15, 0.2) is 11.6 Å². The van der Waals surface area contributed by atoms with Gasteiger partial charge in [-0.1, -0.05) is 0 Å². The van der Waals surface area contributed by atoms with Gasteiger partial charge >= 0.3 is 0 Å². The zero-order valence-corrected chi connectivity index (χ0v) is 8.89. The van der Waals surface area contributed by atoms with E-state index in [2.05, 4.69) is 5.32 Å². The Morgan fingerprint density at radius 2 is 2.33 bits per heavy atom. The first-order valence-corrected chi connectivity index (χ1v) is 5.35. The second kappa shape index (κ2) is 4.19. The Labute approximate surface area is 89.1 Å². The maximum Gasteiger partial charge on any atom is 0.165 e. The Morgan fingerprint density at radius 1 is 1.53 bits per heavy atom. The van der Waals surface area contributed by atoms with E-state index in [4.69, 9.17) is 0 Å². The van der Waals surface area contributed by atoms with Crippen LogP contribution >= 0.6 is 0 Å². The van der Waals surface area contributed by atoms with Crippen LogP contribution in [0, 0.1) is 18.7 Å². The van der Waals surface area contributed by atoms with E-state index in [1.54, 1.807) is 0 Å². The number of phenolic OH excluding ortho intramolecular Hbond substituents is 1. The van der Waals surface area contributed by atoms with Gasteiger partial charge in [-0.2, -0.15) is 0 Å². The molecule has 1 aromatic carbocycles. The first kappa shape index (κ1) is 10.4. The van der Waals surface area contributed by atoms with E-state index in [9.17, 15) is 9.50 Å². The van der Waals surface area contributed by atoms with Crippen molar-refractivity contribution in [3.63, 3.8) is 0 Å². The third kappa shape index (κ3) is 2.29. The van der Waals surface area contributed by atoms with Crippen molar-refractivity contribution in [3.05, 3.63) is 29.1 Å².